The fourth-order valence-corrected chi connectivity index (χ4v) is 1.92. The lowest BCUT2D eigenvalue weighted by Gasteiger charge is -1.99. The van der Waals surface area contributed by atoms with Gasteiger partial charge in [0.05, 0.1) is 5.56 Å². The van der Waals surface area contributed by atoms with E-state index in [4.69, 9.17) is 0 Å². The van der Waals surface area contributed by atoms with Gasteiger partial charge >= 0.3 is 0 Å². The van der Waals surface area contributed by atoms with Crippen molar-refractivity contribution >= 4 is 23.0 Å². The molecule has 0 bridgehead atoms. The zero-order valence-corrected chi connectivity index (χ0v) is 11.8. The van der Waals surface area contributed by atoms with Gasteiger partial charge < -0.3 is 9.30 Å². The molecular weight excluding hydrogens is 242 g/mol. The van der Waals surface area contributed by atoms with Gasteiger partial charge in [-0.05, 0) is 24.1 Å². The van der Waals surface area contributed by atoms with E-state index in [0.717, 1.165) is 17.3 Å². The highest BCUT2D eigenvalue weighted by atomic mass is 16.4. The van der Waals surface area contributed by atoms with Crippen LogP contribution >= 0.6 is 0 Å². The summed E-state index contributed by atoms with van der Waals surface area (Å²) in [7, 11) is 5.12. The zero-order valence-electron chi connectivity index (χ0n) is 11.8. The largest absolute Gasteiger partial charge is 0.388 e. The van der Waals surface area contributed by atoms with E-state index in [1.54, 1.807) is 20.4 Å². The number of fused-ring (bicyclic) bond motifs is 1. The molecule has 0 saturated heterocycles. The number of carbonyl (C=O) groups excluding carboxylic acids is 2. The molecule has 0 aliphatic carbocycles. The minimum absolute atomic E-state index is 0.368. The minimum Gasteiger partial charge on any atom is -0.388 e. The van der Waals surface area contributed by atoms with Gasteiger partial charge in [0.2, 0.25) is 5.78 Å². The molecule has 0 aliphatic rings. The molecule has 1 aromatic carbocycles. The number of rotatable bonds is 3. The molecular formula is C15H19NO3. The van der Waals surface area contributed by atoms with Crippen LogP contribution in [0.15, 0.2) is 24.4 Å². The standard InChI is InChI=1S/C13H13NO2.C2H6O/c1-3-9-4-5-12-10(6-9)11(7-14(12)2)13(16)8-15;1-3-2/h4-8H,3H2,1-2H3;1-2H3. The molecule has 0 aliphatic heterocycles. The predicted octanol–water partition coefficient (Wildman–Crippen LogP) is 2.38. The zero-order chi connectivity index (χ0) is 14.4. The fourth-order valence-electron chi connectivity index (χ4n) is 1.92. The Labute approximate surface area is 113 Å². The van der Waals surface area contributed by atoms with E-state index in [2.05, 4.69) is 11.7 Å². The Morgan fingerprint density at radius 2 is 2.00 bits per heavy atom. The van der Waals surface area contributed by atoms with Crippen molar-refractivity contribution in [1.29, 1.82) is 0 Å². The molecule has 1 aromatic heterocycles. The van der Waals surface area contributed by atoms with Gasteiger partial charge in [-0.2, -0.15) is 0 Å². The Morgan fingerprint density at radius 3 is 2.53 bits per heavy atom. The van der Waals surface area contributed by atoms with Gasteiger partial charge in [-0.3, -0.25) is 9.59 Å². The summed E-state index contributed by atoms with van der Waals surface area (Å²) >= 11 is 0. The topological polar surface area (TPSA) is 48.3 Å². The van der Waals surface area contributed by atoms with Crippen molar-refractivity contribution in [3.63, 3.8) is 0 Å². The molecule has 1 heterocycles. The van der Waals surface area contributed by atoms with Crippen LogP contribution in [0.1, 0.15) is 22.8 Å². The average Bonchev–Trinajstić information content (AvgIpc) is 2.75. The highest BCUT2D eigenvalue weighted by Crippen LogP contribution is 2.22. The lowest BCUT2D eigenvalue weighted by molar-refractivity contribution is -0.104. The maximum absolute atomic E-state index is 11.5. The van der Waals surface area contributed by atoms with Crippen molar-refractivity contribution in [3.05, 3.63) is 35.5 Å². The molecule has 0 fully saturated rings. The molecule has 0 unspecified atom stereocenters. The monoisotopic (exact) mass is 261 g/mol. The van der Waals surface area contributed by atoms with Crippen LogP contribution in [0.4, 0.5) is 0 Å². The molecule has 0 saturated carbocycles. The van der Waals surface area contributed by atoms with Crippen LogP contribution in [0.5, 0.6) is 0 Å². The lowest BCUT2D eigenvalue weighted by atomic mass is 10.1. The van der Waals surface area contributed by atoms with Crippen LogP contribution in [0.25, 0.3) is 10.9 Å². The molecule has 4 heteroatoms. The molecule has 0 atom stereocenters. The maximum atomic E-state index is 11.5. The first kappa shape index (κ1) is 15.1. The summed E-state index contributed by atoms with van der Waals surface area (Å²) in [5.74, 6) is -0.459. The van der Waals surface area contributed by atoms with Crippen LogP contribution < -0.4 is 0 Å². The Bertz CT molecular complexity index is 584. The number of methoxy groups -OCH3 is 1. The third-order valence-electron chi connectivity index (χ3n) is 2.83. The van der Waals surface area contributed by atoms with E-state index in [1.807, 2.05) is 29.8 Å². The highest BCUT2D eigenvalue weighted by molar-refractivity contribution is 6.36. The first-order chi connectivity index (χ1) is 9.08. The summed E-state index contributed by atoms with van der Waals surface area (Å²) in [5.41, 5.74) is 2.63. The number of carbonyl (C=O) groups is 2. The summed E-state index contributed by atoms with van der Waals surface area (Å²) in [4.78, 5) is 22.0. The number of nitrogens with zero attached hydrogens (tertiary/aromatic N) is 1. The second-order valence-electron chi connectivity index (χ2n) is 4.25. The van der Waals surface area contributed by atoms with Crippen molar-refractivity contribution in [3.8, 4) is 0 Å². The van der Waals surface area contributed by atoms with Crippen LogP contribution in [0, 0.1) is 0 Å². The van der Waals surface area contributed by atoms with Gasteiger partial charge in [0, 0.05) is 38.4 Å². The Balaban J connectivity index is 0.000000550. The van der Waals surface area contributed by atoms with E-state index in [9.17, 15) is 9.59 Å². The summed E-state index contributed by atoms with van der Waals surface area (Å²) in [6, 6.07) is 6.00. The lowest BCUT2D eigenvalue weighted by Crippen LogP contribution is -1.98. The second-order valence-corrected chi connectivity index (χ2v) is 4.25. The molecule has 4 nitrogen and oxygen atoms in total. The van der Waals surface area contributed by atoms with Gasteiger partial charge in [0.1, 0.15) is 0 Å². The van der Waals surface area contributed by atoms with Crippen molar-refractivity contribution in [2.24, 2.45) is 7.05 Å². The Morgan fingerprint density at radius 1 is 1.37 bits per heavy atom. The van der Waals surface area contributed by atoms with Crippen molar-refractivity contribution in [1.82, 2.24) is 4.57 Å². The van der Waals surface area contributed by atoms with E-state index in [-0.39, 0.29) is 0 Å². The summed E-state index contributed by atoms with van der Waals surface area (Å²) in [6.45, 7) is 2.06. The van der Waals surface area contributed by atoms with Gasteiger partial charge in [0.25, 0.3) is 0 Å². The summed E-state index contributed by atoms with van der Waals surface area (Å²) < 4.78 is 6.12. The highest BCUT2D eigenvalue weighted by Gasteiger charge is 2.13. The number of aromatic nitrogens is 1. The predicted molar refractivity (Wildman–Crippen MR) is 75.6 cm³/mol. The van der Waals surface area contributed by atoms with E-state index >= 15 is 0 Å². The van der Waals surface area contributed by atoms with E-state index in [0.29, 0.717) is 11.8 Å². The molecule has 19 heavy (non-hydrogen) atoms. The van der Waals surface area contributed by atoms with Crippen molar-refractivity contribution in [2.75, 3.05) is 14.2 Å². The number of hydrogen-bond acceptors (Lipinski definition) is 3. The summed E-state index contributed by atoms with van der Waals surface area (Å²) in [6.07, 6.45) is 2.99. The number of aryl methyl sites for hydroxylation is 2. The number of hydrogen-bond donors (Lipinski definition) is 0. The van der Waals surface area contributed by atoms with Crippen molar-refractivity contribution < 1.29 is 14.3 Å². The second kappa shape index (κ2) is 6.85. The van der Waals surface area contributed by atoms with Gasteiger partial charge in [-0.1, -0.05) is 13.0 Å². The van der Waals surface area contributed by atoms with E-state index in [1.165, 1.54) is 5.56 Å². The first-order valence-electron chi connectivity index (χ1n) is 6.06. The SMILES string of the molecule is CCc1ccc2c(c1)c(C(=O)C=O)cn2C.COC. The molecule has 0 N–H and O–H groups in total. The summed E-state index contributed by atoms with van der Waals surface area (Å²) in [5, 5.41) is 0.860. The number of aldehydes is 1. The first-order valence-corrected chi connectivity index (χ1v) is 6.06. The number of Topliss-reactive ketones (excluding diaryl/α,β-unsaturated/α-hetero) is 1. The van der Waals surface area contributed by atoms with Crippen molar-refractivity contribution in [2.45, 2.75) is 13.3 Å². The van der Waals surface area contributed by atoms with E-state index < -0.39 is 5.78 Å². The van der Waals surface area contributed by atoms with Crippen LogP contribution in [-0.2, 0) is 23.0 Å². The number of ketones is 1. The van der Waals surface area contributed by atoms with Crippen LogP contribution in [0.2, 0.25) is 0 Å². The average molecular weight is 261 g/mol. The normalized spacial score (nSPS) is 9.89. The molecule has 102 valence electrons. The third kappa shape index (κ3) is 3.29. The molecule has 0 radical (unpaired) electrons. The molecule has 2 rings (SSSR count). The third-order valence-corrected chi connectivity index (χ3v) is 2.83. The minimum atomic E-state index is -0.459. The maximum Gasteiger partial charge on any atom is 0.227 e. The number of ether oxygens (including phenoxy) is 1. The molecule has 0 spiro atoms. The van der Waals surface area contributed by atoms with Gasteiger partial charge in [-0.15, -0.1) is 0 Å². The smallest absolute Gasteiger partial charge is 0.227 e. The number of benzene rings is 1. The van der Waals surface area contributed by atoms with Crippen LogP contribution in [0.3, 0.4) is 0 Å². The van der Waals surface area contributed by atoms with Crippen LogP contribution in [-0.4, -0.2) is 30.9 Å². The van der Waals surface area contributed by atoms with Gasteiger partial charge in [-0.25, -0.2) is 0 Å². The Kier molecular flexibility index (Phi) is 5.45. The van der Waals surface area contributed by atoms with Gasteiger partial charge in [0.15, 0.2) is 6.29 Å². The molecule has 0 amide bonds. The fraction of sp³-hybridized carbons (Fsp3) is 0.333. The quantitative estimate of drug-likeness (QED) is 0.484. The molecule has 2 aromatic rings. The Hall–Kier alpha value is -1.94.